The molecule has 0 spiro atoms. The smallest absolute Gasteiger partial charge is 0.322 e. The number of rotatable bonds is 4. The maximum absolute atomic E-state index is 12.5. The van der Waals surface area contributed by atoms with E-state index in [1.165, 1.54) is 5.56 Å². The van der Waals surface area contributed by atoms with Crippen LogP contribution in [-0.4, -0.2) is 25.2 Å². The van der Waals surface area contributed by atoms with Crippen molar-refractivity contribution in [1.29, 1.82) is 0 Å². The van der Waals surface area contributed by atoms with Crippen LogP contribution in [-0.2, 0) is 6.42 Å². The van der Waals surface area contributed by atoms with Gasteiger partial charge in [0.15, 0.2) is 0 Å². The number of amides is 2. The van der Waals surface area contributed by atoms with Gasteiger partial charge in [-0.25, -0.2) is 4.79 Å². The van der Waals surface area contributed by atoms with E-state index in [1.807, 2.05) is 55.1 Å². The summed E-state index contributed by atoms with van der Waals surface area (Å²) in [6.07, 6.45) is 0.905. The Hall–Kier alpha value is -2.49. The van der Waals surface area contributed by atoms with E-state index in [2.05, 4.69) is 18.3 Å². The minimum absolute atomic E-state index is 0.0578. The van der Waals surface area contributed by atoms with Crippen molar-refractivity contribution in [2.75, 3.05) is 18.1 Å². The second-order valence-electron chi connectivity index (χ2n) is 6.35. The molecule has 0 saturated heterocycles. The van der Waals surface area contributed by atoms with Crippen molar-refractivity contribution in [3.63, 3.8) is 0 Å². The van der Waals surface area contributed by atoms with Gasteiger partial charge in [0.2, 0.25) is 0 Å². The zero-order valence-electron chi connectivity index (χ0n) is 14.5. The Morgan fingerprint density at radius 1 is 1.17 bits per heavy atom. The van der Waals surface area contributed by atoms with E-state index in [0.29, 0.717) is 13.2 Å². The van der Waals surface area contributed by atoms with Crippen molar-refractivity contribution < 1.29 is 9.53 Å². The maximum atomic E-state index is 12.5. The summed E-state index contributed by atoms with van der Waals surface area (Å²) in [5.41, 5.74) is 4.47. The van der Waals surface area contributed by atoms with Crippen LogP contribution in [0.2, 0.25) is 0 Å². The van der Waals surface area contributed by atoms with Crippen LogP contribution < -0.4 is 15.0 Å². The van der Waals surface area contributed by atoms with Gasteiger partial charge in [-0.05, 0) is 49.9 Å². The third kappa shape index (κ3) is 3.23. The van der Waals surface area contributed by atoms with Crippen LogP contribution in [0.4, 0.5) is 10.5 Å². The molecule has 2 aromatic carbocycles. The number of nitrogens with zero attached hydrogens (tertiary/aromatic N) is 1. The Morgan fingerprint density at radius 2 is 1.88 bits per heavy atom. The van der Waals surface area contributed by atoms with Gasteiger partial charge in [-0.1, -0.05) is 36.4 Å². The van der Waals surface area contributed by atoms with Gasteiger partial charge in [-0.3, -0.25) is 4.90 Å². The summed E-state index contributed by atoms with van der Waals surface area (Å²) >= 11 is 0. The number of urea groups is 1. The van der Waals surface area contributed by atoms with Crippen molar-refractivity contribution >= 4 is 11.7 Å². The first-order valence-electron chi connectivity index (χ1n) is 8.42. The Labute approximate surface area is 143 Å². The summed E-state index contributed by atoms with van der Waals surface area (Å²) in [4.78, 5) is 14.4. The van der Waals surface area contributed by atoms with Crippen LogP contribution in [0.1, 0.15) is 23.6 Å². The number of hydrogen-bond acceptors (Lipinski definition) is 2. The number of anilines is 1. The summed E-state index contributed by atoms with van der Waals surface area (Å²) in [6, 6.07) is 14.3. The number of aryl methyl sites for hydroxylation is 2. The molecule has 1 aliphatic heterocycles. The molecule has 0 aromatic heterocycles. The highest BCUT2D eigenvalue weighted by molar-refractivity contribution is 5.94. The highest BCUT2D eigenvalue weighted by Crippen LogP contribution is 2.31. The van der Waals surface area contributed by atoms with E-state index in [-0.39, 0.29) is 12.1 Å². The second-order valence-corrected chi connectivity index (χ2v) is 6.35. The number of carbonyl (C=O) groups is 1. The number of nitrogens with one attached hydrogen (secondary N) is 1. The molecule has 1 heterocycles. The van der Waals surface area contributed by atoms with Crippen LogP contribution in [0, 0.1) is 13.8 Å². The van der Waals surface area contributed by atoms with Gasteiger partial charge in [0, 0.05) is 11.7 Å². The molecule has 0 bridgehead atoms. The van der Waals surface area contributed by atoms with Crippen LogP contribution in [0.25, 0.3) is 0 Å². The summed E-state index contributed by atoms with van der Waals surface area (Å²) in [5, 5.41) is 2.97. The van der Waals surface area contributed by atoms with Crippen LogP contribution >= 0.6 is 0 Å². The molecule has 3 rings (SSSR count). The van der Waals surface area contributed by atoms with Gasteiger partial charge >= 0.3 is 6.03 Å². The third-order valence-electron chi connectivity index (χ3n) is 4.46. The van der Waals surface area contributed by atoms with Gasteiger partial charge < -0.3 is 10.1 Å². The first-order valence-corrected chi connectivity index (χ1v) is 8.42. The molecule has 0 aliphatic carbocycles. The molecule has 126 valence electrons. The van der Waals surface area contributed by atoms with Crippen molar-refractivity contribution in [2.45, 2.75) is 33.2 Å². The molecule has 0 fully saturated rings. The van der Waals surface area contributed by atoms with E-state index in [1.54, 1.807) is 0 Å². The van der Waals surface area contributed by atoms with Crippen molar-refractivity contribution in [3.05, 3.63) is 59.2 Å². The lowest BCUT2D eigenvalue weighted by molar-refractivity contribution is 0.240. The fourth-order valence-corrected chi connectivity index (χ4v) is 3.30. The minimum Gasteiger partial charge on any atom is -0.491 e. The maximum Gasteiger partial charge on any atom is 0.322 e. The molecule has 1 aliphatic rings. The minimum atomic E-state index is -0.0578. The van der Waals surface area contributed by atoms with E-state index in [9.17, 15) is 4.79 Å². The Kier molecular flexibility index (Phi) is 4.74. The van der Waals surface area contributed by atoms with E-state index in [0.717, 1.165) is 29.0 Å². The van der Waals surface area contributed by atoms with Gasteiger partial charge in [0.1, 0.15) is 12.4 Å². The highest BCUT2D eigenvalue weighted by Gasteiger charge is 2.30. The number of hydrogen-bond donors (Lipinski definition) is 1. The summed E-state index contributed by atoms with van der Waals surface area (Å²) < 4.78 is 5.84. The molecule has 1 N–H and O–H groups in total. The Bertz CT molecular complexity index is 722. The van der Waals surface area contributed by atoms with Crippen molar-refractivity contribution in [2.24, 2.45) is 0 Å². The Balaban J connectivity index is 1.55. The van der Waals surface area contributed by atoms with Crippen LogP contribution in [0.3, 0.4) is 0 Å². The summed E-state index contributed by atoms with van der Waals surface area (Å²) in [6.45, 7) is 7.08. The number of para-hydroxylation sites is 2. The summed E-state index contributed by atoms with van der Waals surface area (Å²) in [7, 11) is 0. The number of ether oxygens (including phenoxy) is 1. The van der Waals surface area contributed by atoms with Crippen molar-refractivity contribution in [3.8, 4) is 5.75 Å². The first kappa shape index (κ1) is 16.4. The molecule has 2 aromatic rings. The predicted molar refractivity (Wildman–Crippen MR) is 96.9 cm³/mol. The monoisotopic (exact) mass is 324 g/mol. The normalized spacial score (nSPS) is 16.0. The lowest BCUT2D eigenvalue weighted by Crippen LogP contribution is -2.44. The lowest BCUT2D eigenvalue weighted by Gasteiger charge is -2.23. The average Bonchev–Trinajstić information content (AvgIpc) is 2.89. The van der Waals surface area contributed by atoms with E-state index >= 15 is 0 Å². The average molecular weight is 324 g/mol. The van der Waals surface area contributed by atoms with Gasteiger partial charge in [0.05, 0.1) is 6.54 Å². The van der Waals surface area contributed by atoms with E-state index in [4.69, 9.17) is 4.74 Å². The SMILES string of the molecule is Cc1cccc(C)c1OCCNC(=O)N1c2ccccc2CC1C. The number of benzene rings is 2. The largest absolute Gasteiger partial charge is 0.491 e. The lowest BCUT2D eigenvalue weighted by atomic mass is 10.1. The predicted octanol–water partition coefficient (Wildman–Crippen LogP) is 3.84. The molecule has 1 atom stereocenters. The molecule has 4 nitrogen and oxygen atoms in total. The van der Waals surface area contributed by atoms with Gasteiger partial charge in [0.25, 0.3) is 0 Å². The zero-order chi connectivity index (χ0) is 17.1. The molecule has 2 amide bonds. The topological polar surface area (TPSA) is 41.6 Å². The molecule has 4 heteroatoms. The zero-order valence-corrected chi connectivity index (χ0v) is 14.5. The van der Waals surface area contributed by atoms with Gasteiger partial charge in [-0.2, -0.15) is 0 Å². The molecule has 0 radical (unpaired) electrons. The summed E-state index contributed by atoms with van der Waals surface area (Å²) in [5.74, 6) is 0.909. The van der Waals surface area contributed by atoms with Crippen molar-refractivity contribution in [1.82, 2.24) is 5.32 Å². The first-order chi connectivity index (χ1) is 11.6. The highest BCUT2D eigenvalue weighted by atomic mass is 16.5. The number of carbonyl (C=O) groups excluding carboxylic acids is 1. The quantitative estimate of drug-likeness (QED) is 0.868. The number of fused-ring (bicyclic) bond motifs is 1. The van der Waals surface area contributed by atoms with E-state index < -0.39 is 0 Å². The fraction of sp³-hybridized carbons (Fsp3) is 0.350. The Morgan fingerprint density at radius 3 is 2.62 bits per heavy atom. The van der Waals surface area contributed by atoms with Gasteiger partial charge in [-0.15, -0.1) is 0 Å². The second kappa shape index (κ2) is 6.95. The molecule has 0 saturated carbocycles. The fourth-order valence-electron chi connectivity index (χ4n) is 3.30. The van der Waals surface area contributed by atoms with Crippen LogP contribution in [0.15, 0.2) is 42.5 Å². The molecular weight excluding hydrogens is 300 g/mol. The molecular formula is C20H24N2O2. The molecule has 24 heavy (non-hydrogen) atoms. The van der Waals surface area contributed by atoms with Crippen LogP contribution in [0.5, 0.6) is 5.75 Å². The standard InChI is InChI=1S/C20H24N2O2/c1-14-7-6-8-15(2)19(14)24-12-11-21-20(23)22-16(3)13-17-9-4-5-10-18(17)22/h4-10,16H,11-13H2,1-3H3,(H,21,23). The molecule has 1 unspecified atom stereocenters. The third-order valence-corrected chi connectivity index (χ3v) is 4.46.